The van der Waals surface area contributed by atoms with E-state index in [-0.39, 0.29) is 18.3 Å². The first-order valence-electron chi connectivity index (χ1n) is 5.84. The number of halogens is 1. The molecule has 1 aliphatic rings. The van der Waals surface area contributed by atoms with Gasteiger partial charge in [0.05, 0.1) is 0 Å². The summed E-state index contributed by atoms with van der Waals surface area (Å²) in [4.78, 5) is 14.2. The second-order valence-corrected chi connectivity index (χ2v) is 4.21. The van der Waals surface area contributed by atoms with Crippen LogP contribution in [0.5, 0.6) is 0 Å². The summed E-state index contributed by atoms with van der Waals surface area (Å²) in [6.45, 7) is 5.58. The summed E-state index contributed by atoms with van der Waals surface area (Å²) in [6, 6.07) is 7.80. The average molecular weight is 255 g/mol. The second-order valence-electron chi connectivity index (χ2n) is 4.21. The van der Waals surface area contributed by atoms with Crippen molar-refractivity contribution in [2.45, 2.75) is 13.3 Å². The van der Waals surface area contributed by atoms with Crippen molar-refractivity contribution in [3.05, 3.63) is 35.4 Å². The van der Waals surface area contributed by atoms with Gasteiger partial charge in [0.15, 0.2) is 0 Å². The molecule has 0 radical (unpaired) electrons. The number of amides is 1. The molecule has 4 heteroatoms. The molecule has 0 aromatic heterocycles. The topological polar surface area (TPSA) is 32.3 Å². The maximum absolute atomic E-state index is 12.3. The lowest BCUT2D eigenvalue weighted by atomic mass is 10.1. The summed E-state index contributed by atoms with van der Waals surface area (Å²) < 4.78 is 0. The summed E-state index contributed by atoms with van der Waals surface area (Å²) in [5, 5.41) is 3.30. The molecule has 1 amide bonds. The largest absolute Gasteiger partial charge is 0.337 e. The van der Waals surface area contributed by atoms with Crippen LogP contribution in [0.1, 0.15) is 22.3 Å². The van der Waals surface area contributed by atoms with Crippen LogP contribution in [0.3, 0.4) is 0 Å². The Morgan fingerprint density at radius 2 is 2.00 bits per heavy atom. The van der Waals surface area contributed by atoms with Crippen LogP contribution in [0.25, 0.3) is 0 Å². The van der Waals surface area contributed by atoms with E-state index in [4.69, 9.17) is 0 Å². The van der Waals surface area contributed by atoms with Gasteiger partial charge in [-0.2, -0.15) is 0 Å². The Bertz CT molecular complexity index is 373. The molecule has 1 heterocycles. The third kappa shape index (κ3) is 3.45. The van der Waals surface area contributed by atoms with Crippen molar-refractivity contribution < 1.29 is 4.79 Å². The standard InChI is InChI=1S/C13H18N2O.ClH/c1-11-5-2-3-6-12(11)13(16)15-9-4-7-14-8-10-15;/h2-3,5-6,14H,4,7-10H2,1H3;1H. The van der Waals surface area contributed by atoms with Crippen molar-refractivity contribution in [3.8, 4) is 0 Å². The highest BCUT2D eigenvalue weighted by Crippen LogP contribution is 2.11. The van der Waals surface area contributed by atoms with Gasteiger partial charge in [0.25, 0.3) is 5.91 Å². The number of nitrogens with zero attached hydrogens (tertiary/aromatic N) is 1. The van der Waals surface area contributed by atoms with Gasteiger partial charge in [-0.3, -0.25) is 4.79 Å². The van der Waals surface area contributed by atoms with Crippen molar-refractivity contribution in [1.29, 1.82) is 0 Å². The summed E-state index contributed by atoms with van der Waals surface area (Å²) in [7, 11) is 0. The predicted octanol–water partition coefficient (Wildman–Crippen LogP) is 1.85. The van der Waals surface area contributed by atoms with Crippen LogP contribution in [0.4, 0.5) is 0 Å². The van der Waals surface area contributed by atoms with Gasteiger partial charge >= 0.3 is 0 Å². The molecular formula is C13H19ClN2O. The highest BCUT2D eigenvalue weighted by Gasteiger charge is 2.17. The van der Waals surface area contributed by atoms with Crippen LogP contribution in [0.15, 0.2) is 24.3 Å². The fourth-order valence-electron chi connectivity index (χ4n) is 2.03. The molecule has 0 unspecified atom stereocenters. The molecule has 1 fully saturated rings. The Balaban J connectivity index is 0.00000144. The molecule has 0 aliphatic carbocycles. The first-order chi connectivity index (χ1) is 7.79. The zero-order valence-electron chi connectivity index (χ0n) is 10.1. The predicted molar refractivity (Wildman–Crippen MR) is 71.8 cm³/mol. The van der Waals surface area contributed by atoms with Gasteiger partial charge in [-0.25, -0.2) is 0 Å². The Kier molecular flexibility index (Phi) is 5.45. The highest BCUT2D eigenvalue weighted by atomic mass is 35.5. The van der Waals surface area contributed by atoms with Crippen molar-refractivity contribution in [2.75, 3.05) is 26.2 Å². The van der Waals surface area contributed by atoms with E-state index in [2.05, 4.69) is 5.32 Å². The van der Waals surface area contributed by atoms with Crippen LogP contribution in [0, 0.1) is 6.92 Å². The van der Waals surface area contributed by atoms with Crippen molar-refractivity contribution >= 4 is 18.3 Å². The van der Waals surface area contributed by atoms with E-state index in [0.717, 1.165) is 43.7 Å². The molecule has 2 rings (SSSR count). The Morgan fingerprint density at radius 1 is 1.24 bits per heavy atom. The summed E-state index contributed by atoms with van der Waals surface area (Å²) in [6.07, 6.45) is 1.04. The number of hydrogen-bond donors (Lipinski definition) is 1. The average Bonchev–Trinajstić information content (AvgIpc) is 2.57. The Hall–Kier alpha value is -1.06. The zero-order valence-corrected chi connectivity index (χ0v) is 10.9. The molecule has 0 atom stereocenters. The fourth-order valence-corrected chi connectivity index (χ4v) is 2.03. The number of carbonyl (C=O) groups excluding carboxylic acids is 1. The van der Waals surface area contributed by atoms with Gasteiger partial charge in [-0.15, -0.1) is 12.4 Å². The Morgan fingerprint density at radius 3 is 2.76 bits per heavy atom. The summed E-state index contributed by atoms with van der Waals surface area (Å²) in [5.74, 6) is 0.168. The van der Waals surface area contributed by atoms with Crippen LogP contribution >= 0.6 is 12.4 Å². The normalized spacial score (nSPS) is 15.9. The fraction of sp³-hybridized carbons (Fsp3) is 0.462. The third-order valence-electron chi connectivity index (χ3n) is 3.00. The SMILES string of the molecule is Cc1ccccc1C(=O)N1CCCNCC1.Cl. The Labute approximate surface area is 109 Å². The minimum Gasteiger partial charge on any atom is -0.337 e. The minimum atomic E-state index is 0. The monoisotopic (exact) mass is 254 g/mol. The maximum Gasteiger partial charge on any atom is 0.254 e. The maximum atomic E-state index is 12.3. The molecule has 17 heavy (non-hydrogen) atoms. The molecule has 1 aromatic rings. The first kappa shape index (κ1) is 14.0. The number of nitrogens with one attached hydrogen (secondary N) is 1. The van der Waals surface area contributed by atoms with Gasteiger partial charge < -0.3 is 10.2 Å². The number of hydrogen-bond acceptors (Lipinski definition) is 2. The molecule has 94 valence electrons. The van der Waals surface area contributed by atoms with Gasteiger partial charge in [-0.1, -0.05) is 18.2 Å². The van der Waals surface area contributed by atoms with Crippen LogP contribution < -0.4 is 5.32 Å². The molecular weight excluding hydrogens is 236 g/mol. The van der Waals surface area contributed by atoms with E-state index < -0.39 is 0 Å². The van der Waals surface area contributed by atoms with Gasteiger partial charge in [0.1, 0.15) is 0 Å². The lowest BCUT2D eigenvalue weighted by Gasteiger charge is -2.20. The summed E-state index contributed by atoms with van der Waals surface area (Å²) in [5.41, 5.74) is 1.90. The van der Waals surface area contributed by atoms with E-state index >= 15 is 0 Å². The van der Waals surface area contributed by atoms with Gasteiger partial charge in [-0.05, 0) is 31.5 Å². The first-order valence-corrected chi connectivity index (χ1v) is 5.84. The smallest absolute Gasteiger partial charge is 0.254 e. The van der Waals surface area contributed by atoms with Crippen LogP contribution in [-0.4, -0.2) is 37.0 Å². The number of benzene rings is 1. The van der Waals surface area contributed by atoms with Crippen LogP contribution in [0.2, 0.25) is 0 Å². The van der Waals surface area contributed by atoms with Crippen molar-refractivity contribution in [1.82, 2.24) is 10.2 Å². The van der Waals surface area contributed by atoms with Crippen LogP contribution in [-0.2, 0) is 0 Å². The van der Waals surface area contributed by atoms with E-state index in [1.165, 1.54) is 0 Å². The van der Waals surface area contributed by atoms with Gasteiger partial charge in [0.2, 0.25) is 0 Å². The third-order valence-corrected chi connectivity index (χ3v) is 3.00. The highest BCUT2D eigenvalue weighted by molar-refractivity contribution is 5.95. The van der Waals surface area contributed by atoms with E-state index in [9.17, 15) is 4.79 Å². The number of aryl methyl sites for hydroxylation is 1. The van der Waals surface area contributed by atoms with Crippen molar-refractivity contribution in [2.24, 2.45) is 0 Å². The zero-order chi connectivity index (χ0) is 11.4. The lowest BCUT2D eigenvalue weighted by Crippen LogP contribution is -2.34. The van der Waals surface area contributed by atoms with Gasteiger partial charge in [0, 0.05) is 25.2 Å². The molecule has 1 aliphatic heterocycles. The molecule has 0 spiro atoms. The van der Waals surface area contributed by atoms with E-state index in [0.29, 0.717) is 0 Å². The van der Waals surface area contributed by atoms with E-state index in [1.54, 1.807) is 0 Å². The van der Waals surface area contributed by atoms with Crippen molar-refractivity contribution in [3.63, 3.8) is 0 Å². The minimum absolute atomic E-state index is 0. The number of rotatable bonds is 1. The summed E-state index contributed by atoms with van der Waals surface area (Å²) >= 11 is 0. The second kappa shape index (κ2) is 6.62. The number of carbonyl (C=O) groups is 1. The van der Waals surface area contributed by atoms with E-state index in [1.807, 2.05) is 36.1 Å². The molecule has 1 N–H and O–H groups in total. The molecule has 0 bridgehead atoms. The molecule has 3 nitrogen and oxygen atoms in total. The molecule has 0 saturated carbocycles. The molecule has 1 saturated heterocycles. The molecule has 1 aromatic carbocycles. The quantitative estimate of drug-likeness (QED) is 0.830. The lowest BCUT2D eigenvalue weighted by molar-refractivity contribution is 0.0765.